The molecule has 0 aromatic carbocycles. The van der Waals surface area contributed by atoms with E-state index in [0.717, 1.165) is 19.3 Å². The molecule has 5 nitrogen and oxygen atoms in total. The monoisotopic (exact) mass is 445 g/mol. The molecule has 6 heteroatoms. The van der Waals surface area contributed by atoms with E-state index in [-0.39, 0.29) is 23.6 Å². The van der Waals surface area contributed by atoms with Gasteiger partial charge in [-0.3, -0.25) is 9.35 Å². The van der Waals surface area contributed by atoms with E-state index in [1.165, 1.54) is 83.1 Å². The summed E-state index contributed by atoms with van der Waals surface area (Å²) in [5.74, 6) is -0.710. The minimum absolute atomic E-state index is 0.0791. The molecule has 0 rings (SSSR count). The van der Waals surface area contributed by atoms with Crippen molar-refractivity contribution >= 4 is 16.0 Å². The summed E-state index contributed by atoms with van der Waals surface area (Å²) in [6, 6.07) is -0.0791. The van der Waals surface area contributed by atoms with Crippen LogP contribution in [0.5, 0.6) is 0 Å². The number of carbonyl (C=O) groups excluding carboxylic acids is 1. The number of nitrogens with one attached hydrogen (secondary N) is 1. The summed E-state index contributed by atoms with van der Waals surface area (Å²) in [4.78, 5) is 11.6. The van der Waals surface area contributed by atoms with Gasteiger partial charge in [0.1, 0.15) is 0 Å². The average Bonchev–Trinajstić information content (AvgIpc) is 2.66. The van der Waals surface area contributed by atoms with Crippen LogP contribution in [-0.4, -0.2) is 30.7 Å². The number of rotatable bonds is 21. The van der Waals surface area contributed by atoms with Crippen LogP contribution in [0.2, 0.25) is 0 Å². The van der Waals surface area contributed by atoms with Crippen molar-refractivity contribution in [1.29, 1.82) is 0 Å². The van der Waals surface area contributed by atoms with Gasteiger partial charge in [0.2, 0.25) is 5.91 Å². The van der Waals surface area contributed by atoms with Gasteiger partial charge < -0.3 is 5.32 Å². The van der Waals surface area contributed by atoms with E-state index in [0.29, 0.717) is 6.42 Å². The highest BCUT2D eigenvalue weighted by Gasteiger charge is 2.18. The molecule has 1 amide bonds. The van der Waals surface area contributed by atoms with E-state index in [4.69, 9.17) is 4.55 Å². The normalized spacial score (nSPS) is 13.7. The van der Waals surface area contributed by atoms with Crippen LogP contribution in [0.25, 0.3) is 0 Å². The fourth-order valence-corrected chi connectivity index (χ4v) is 4.86. The molecule has 30 heavy (non-hydrogen) atoms. The van der Waals surface area contributed by atoms with Crippen LogP contribution in [0, 0.1) is 5.92 Å². The zero-order valence-corrected chi connectivity index (χ0v) is 20.4. The zero-order valence-electron chi connectivity index (χ0n) is 19.5. The summed E-state index contributed by atoms with van der Waals surface area (Å²) in [6.45, 7) is 7.52. The predicted octanol–water partition coefficient (Wildman–Crippen LogP) is 6.44. The molecule has 2 atom stereocenters. The maximum Gasteiger partial charge on any atom is 0.265 e. The third kappa shape index (κ3) is 20.4. The molecule has 0 bridgehead atoms. The standard InChI is InChI=1S/C24H47NO4S/c1-4-6-7-8-9-10-11-12-13-14-15-16-17-18-19-23(25-24(26)5-2)20-22(3)21-30(27,28)29/h5,22-23H,2,4,6-21H2,1,3H3,(H,25,26)(H,27,28,29). The first-order chi connectivity index (χ1) is 14.3. The SMILES string of the molecule is C=CC(=O)NC(CCCCCCCCCCCCCCCC)CC(C)CS(=O)(=O)O. The molecule has 0 aliphatic heterocycles. The van der Waals surface area contributed by atoms with Gasteiger partial charge in [-0.25, -0.2) is 0 Å². The first kappa shape index (κ1) is 29.1. The van der Waals surface area contributed by atoms with Gasteiger partial charge in [-0.2, -0.15) is 8.42 Å². The Hall–Kier alpha value is -0.880. The molecule has 0 saturated heterocycles. The smallest absolute Gasteiger partial charge is 0.265 e. The number of carbonyl (C=O) groups is 1. The molecule has 0 fully saturated rings. The van der Waals surface area contributed by atoms with E-state index in [9.17, 15) is 13.2 Å². The highest BCUT2D eigenvalue weighted by atomic mass is 32.2. The Morgan fingerprint density at radius 3 is 1.73 bits per heavy atom. The number of unbranched alkanes of at least 4 members (excludes halogenated alkanes) is 13. The van der Waals surface area contributed by atoms with Gasteiger partial charge in [-0.15, -0.1) is 0 Å². The Labute approximate surface area is 186 Å². The van der Waals surface area contributed by atoms with Crippen molar-refractivity contribution in [2.75, 3.05) is 5.75 Å². The number of hydrogen-bond acceptors (Lipinski definition) is 3. The first-order valence-corrected chi connectivity index (χ1v) is 13.8. The predicted molar refractivity (Wildman–Crippen MR) is 127 cm³/mol. The summed E-state index contributed by atoms with van der Waals surface area (Å²) in [7, 11) is -3.99. The van der Waals surface area contributed by atoms with Gasteiger partial charge in [0.25, 0.3) is 10.1 Å². The lowest BCUT2D eigenvalue weighted by Crippen LogP contribution is -2.35. The van der Waals surface area contributed by atoms with Crippen molar-refractivity contribution < 1.29 is 17.8 Å². The summed E-state index contributed by atoms with van der Waals surface area (Å²) in [6.07, 6.45) is 20.9. The van der Waals surface area contributed by atoms with Crippen LogP contribution in [0.3, 0.4) is 0 Å². The van der Waals surface area contributed by atoms with Crippen LogP contribution in [0.4, 0.5) is 0 Å². The van der Waals surface area contributed by atoms with E-state index in [1.54, 1.807) is 6.92 Å². The van der Waals surface area contributed by atoms with Crippen molar-refractivity contribution in [3.05, 3.63) is 12.7 Å². The van der Waals surface area contributed by atoms with Crippen molar-refractivity contribution in [1.82, 2.24) is 5.32 Å². The molecule has 178 valence electrons. The molecule has 0 aliphatic rings. The lowest BCUT2D eigenvalue weighted by molar-refractivity contribution is -0.117. The van der Waals surface area contributed by atoms with Gasteiger partial charge in [-0.1, -0.05) is 110 Å². The third-order valence-corrected chi connectivity index (χ3v) is 6.61. The summed E-state index contributed by atoms with van der Waals surface area (Å²) >= 11 is 0. The Balaban J connectivity index is 3.80. The minimum atomic E-state index is -3.99. The van der Waals surface area contributed by atoms with Gasteiger partial charge in [0.15, 0.2) is 0 Å². The van der Waals surface area contributed by atoms with Gasteiger partial charge >= 0.3 is 0 Å². The molecular formula is C24H47NO4S. The highest BCUT2D eigenvalue weighted by Crippen LogP contribution is 2.16. The van der Waals surface area contributed by atoms with Gasteiger partial charge in [-0.05, 0) is 24.8 Å². The second kappa shape index (κ2) is 18.9. The second-order valence-electron chi connectivity index (χ2n) is 8.88. The summed E-state index contributed by atoms with van der Waals surface area (Å²) in [5, 5.41) is 2.90. The fraction of sp³-hybridized carbons (Fsp3) is 0.875. The maximum atomic E-state index is 11.6. The van der Waals surface area contributed by atoms with Crippen LogP contribution < -0.4 is 5.32 Å². The Bertz CT molecular complexity index is 533. The molecule has 0 aromatic rings. The van der Waals surface area contributed by atoms with E-state index in [2.05, 4.69) is 18.8 Å². The van der Waals surface area contributed by atoms with E-state index >= 15 is 0 Å². The van der Waals surface area contributed by atoms with Crippen molar-refractivity contribution in [3.8, 4) is 0 Å². The molecule has 0 radical (unpaired) electrons. The van der Waals surface area contributed by atoms with Crippen molar-refractivity contribution in [3.63, 3.8) is 0 Å². The minimum Gasteiger partial charge on any atom is -0.350 e. The largest absolute Gasteiger partial charge is 0.350 e. The fourth-order valence-electron chi connectivity index (χ4n) is 4.01. The Morgan fingerprint density at radius 2 is 1.33 bits per heavy atom. The second-order valence-corrected chi connectivity index (χ2v) is 10.4. The summed E-state index contributed by atoms with van der Waals surface area (Å²) in [5.41, 5.74) is 0. The highest BCUT2D eigenvalue weighted by molar-refractivity contribution is 7.85. The molecular weight excluding hydrogens is 398 g/mol. The molecule has 2 N–H and O–H groups in total. The summed E-state index contributed by atoms with van der Waals surface area (Å²) < 4.78 is 31.1. The molecule has 0 aliphatic carbocycles. The van der Waals surface area contributed by atoms with Crippen LogP contribution in [0.15, 0.2) is 12.7 Å². The molecule has 0 aromatic heterocycles. The molecule has 2 unspecified atom stereocenters. The molecule has 0 spiro atoms. The third-order valence-electron chi connectivity index (χ3n) is 5.62. The molecule has 0 heterocycles. The lowest BCUT2D eigenvalue weighted by Gasteiger charge is -2.21. The molecule has 0 saturated carbocycles. The quantitative estimate of drug-likeness (QED) is 0.121. The maximum absolute atomic E-state index is 11.6. The van der Waals surface area contributed by atoms with Gasteiger partial charge in [0.05, 0.1) is 5.75 Å². The first-order valence-electron chi connectivity index (χ1n) is 12.2. The zero-order chi connectivity index (χ0) is 22.7. The van der Waals surface area contributed by atoms with Crippen molar-refractivity contribution in [2.45, 2.75) is 123 Å². The Morgan fingerprint density at radius 1 is 0.900 bits per heavy atom. The van der Waals surface area contributed by atoms with E-state index in [1.807, 2.05) is 0 Å². The van der Waals surface area contributed by atoms with Crippen LogP contribution in [0.1, 0.15) is 117 Å². The number of amides is 1. The lowest BCUT2D eigenvalue weighted by atomic mass is 9.97. The average molecular weight is 446 g/mol. The van der Waals surface area contributed by atoms with E-state index < -0.39 is 10.1 Å². The van der Waals surface area contributed by atoms with Crippen molar-refractivity contribution in [2.24, 2.45) is 5.92 Å². The van der Waals surface area contributed by atoms with Gasteiger partial charge in [0, 0.05) is 6.04 Å². The Kier molecular flexibility index (Phi) is 18.3. The van der Waals surface area contributed by atoms with Crippen LogP contribution >= 0.6 is 0 Å². The van der Waals surface area contributed by atoms with Crippen LogP contribution in [-0.2, 0) is 14.9 Å². The number of hydrogen-bond donors (Lipinski definition) is 2. The topological polar surface area (TPSA) is 83.5 Å².